The van der Waals surface area contributed by atoms with Crippen LogP contribution in [0.3, 0.4) is 0 Å². The minimum absolute atomic E-state index is 0. The smallest absolute Gasteiger partial charge is 0.239 e. The summed E-state index contributed by atoms with van der Waals surface area (Å²) in [5.74, 6) is 0.235. The standard InChI is InChI=1S/C14H20N2O.ClH/c1-16(14(17)13-8-5-10-15-13)11-9-12-6-3-2-4-7-12;/h2-4,6-7,13,15H,5,8-11H2,1H3;1H/t13-;/m0./s1. The molecule has 4 heteroatoms. The van der Waals surface area contributed by atoms with Crippen molar-refractivity contribution in [3.63, 3.8) is 0 Å². The molecule has 1 fully saturated rings. The van der Waals surface area contributed by atoms with Crippen LogP contribution in [0.5, 0.6) is 0 Å². The van der Waals surface area contributed by atoms with E-state index in [-0.39, 0.29) is 24.4 Å². The van der Waals surface area contributed by atoms with Gasteiger partial charge < -0.3 is 10.2 Å². The SMILES string of the molecule is CN(CCc1ccccc1)C(=O)[C@@H]1CCCN1.Cl. The molecule has 2 rings (SSSR count). The fourth-order valence-electron chi connectivity index (χ4n) is 2.21. The van der Waals surface area contributed by atoms with Gasteiger partial charge in [0, 0.05) is 13.6 Å². The molecule has 3 nitrogen and oxygen atoms in total. The average molecular weight is 269 g/mol. The lowest BCUT2D eigenvalue weighted by atomic mass is 10.1. The summed E-state index contributed by atoms with van der Waals surface area (Å²) in [5.41, 5.74) is 1.28. The molecule has 1 aromatic rings. The molecule has 1 aliphatic rings. The summed E-state index contributed by atoms with van der Waals surface area (Å²) in [6, 6.07) is 10.3. The highest BCUT2D eigenvalue weighted by atomic mass is 35.5. The van der Waals surface area contributed by atoms with Gasteiger partial charge in [0.25, 0.3) is 0 Å². The van der Waals surface area contributed by atoms with E-state index in [1.54, 1.807) is 0 Å². The number of carbonyl (C=O) groups is 1. The van der Waals surface area contributed by atoms with Crippen LogP contribution < -0.4 is 5.32 Å². The van der Waals surface area contributed by atoms with E-state index in [4.69, 9.17) is 0 Å². The monoisotopic (exact) mass is 268 g/mol. The number of rotatable bonds is 4. The van der Waals surface area contributed by atoms with Crippen molar-refractivity contribution in [2.24, 2.45) is 0 Å². The Labute approximate surface area is 115 Å². The Morgan fingerprint density at radius 2 is 2.11 bits per heavy atom. The van der Waals surface area contributed by atoms with E-state index in [0.717, 1.165) is 32.4 Å². The minimum Gasteiger partial charge on any atom is -0.344 e. The highest BCUT2D eigenvalue weighted by Crippen LogP contribution is 2.08. The zero-order chi connectivity index (χ0) is 12.1. The van der Waals surface area contributed by atoms with Gasteiger partial charge in [0.15, 0.2) is 0 Å². The summed E-state index contributed by atoms with van der Waals surface area (Å²) in [6.45, 7) is 1.77. The first-order chi connectivity index (χ1) is 8.27. The van der Waals surface area contributed by atoms with Gasteiger partial charge in [0.2, 0.25) is 5.91 Å². The number of carbonyl (C=O) groups excluding carboxylic acids is 1. The molecule has 0 radical (unpaired) electrons. The van der Waals surface area contributed by atoms with Crippen LogP contribution in [0.2, 0.25) is 0 Å². The summed E-state index contributed by atoms with van der Waals surface area (Å²) in [5, 5.41) is 3.24. The quantitative estimate of drug-likeness (QED) is 0.904. The van der Waals surface area contributed by atoms with E-state index >= 15 is 0 Å². The fourth-order valence-corrected chi connectivity index (χ4v) is 2.21. The Balaban J connectivity index is 0.00000162. The Hall–Kier alpha value is -1.06. The van der Waals surface area contributed by atoms with Gasteiger partial charge >= 0.3 is 0 Å². The second-order valence-corrected chi connectivity index (χ2v) is 4.64. The molecule has 1 aliphatic heterocycles. The Morgan fingerprint density at radius 1 is 1.39 bits per heavy atom. The molecule has 0 saturated carbocycles. The zero-order valence-electron chi connectivity index (χ0n) is 10.8. The van der Waals surface area contributed by atoms with Crippen LogP contribution in [0.15, 0.2) is 30.3 Å². The van der Waals surface area contributed by atoms with Gasteiger partial charge in [0.05, 0.1) is 6.04 Å². The highest BCUT2D eigenvalue weighted by Gasteiger charge is 2.24. The first-order valence-corrected chi connectivity index (χ1v) is 6.29. The lowest BCUT2D eigenvalue weighted by Gasteiger charge is -2.21. The van der Waals surface area contributed by atoms with Crippen molar-refractivity contribution in [3.8, 4) is 0 Å². The second kappa shape index (κ2) is 7.39. The lowest BCUT2D eigenvalue weighted by Crippen LogP contribution is -2.42. The predicted molar refractivity (Wildman–Crippen MR) is 76.1 cm³/mol. The van der Waals surface area contributed by atoms with Gasteiger partial charge in [-0.2, -0.15) is 0 Å². The molecule has 1 atom stereocenters. The van der Waals surface area contributed by atoms with E-state index in [1.165, 1.54) is 5.56 Å². The Kier molecular flexibility index (Phi) is 6.16. The summed E-state index contributed by atoms with van der Waals surface area (Å²) in [4.78, 5) is 13.9. The van der Waals surface area contributed by atoms with Crippen LogP contribution >= 0.6 is 12.4 Å². The van der Waals surface area contributed by atoms with Crippen LogP contribution in [0.4, 0.5) is 0 Å². The molecule has 1 saturated heterocycles. The normalized spacial score (nSPS) is 18.2. The highest BCUT2D eigenvalue weighted by molar-refractivity contribution is 5.85. The summed E-state index contributed by atoms with van der Waals surface area (Å²) in [7, 11) is 1.89. The van der Waals surface area contributed by atoms with Crippen molar-refractivity contribution in [1.29, 1.82) is 0 Å². The van der Waals surface area contributed by atoms with Crippen LogP contribution in [-0.4, -0.2) is 37.0 Å². The van der Waals surface area contributed by atoms with Crippen molar-refractivity contribution < 1.29 is 4.79 Å². The van der Waals surface area contributed by atoms with Gasteiger partial charge in [-0.1, -0.05) is 30.3 Å². The van der Waals surface area contributed by atoms with Gasteiger partial charge in [-0.05, 0) is 31.4 Å². The average Bonchev–Trinajstić information content (AvgIpc) is 2.90. The van der Waals surface area contributed by atoms with E-state index in [9.17, 15) is 4.79 Å². The van der Waals surface area contributed by atoms with Crippen LogP contribution in [0, 0.1) is 0 Å². The predicted octanol–water partition coefficient (Wildman–Crippen LogP) is 1.86. The minimum atomic E-state index is 0. The maximum Gasteiger partial charge on any atom is 0.239 e. The van der Waals surface area contributed by atoms with Crippen LogP contribution in [0.1, 0.15) is 18.4 Å². The first kappa shape index (κ1) is 15.0. The molecule has 1 amide bonds. The van der Waals surface area contributed by atoms with E-state index in [0.29, 0.717) is 0 Å². The fraction of sp³-hybridized carbons (Fsp3) is 0.500. The molecule has 18 heavy (non-hydrogen) atoms. The molecule has 0 aromatic heterocycles. The van der Waals surface area contributed by atoms with Gasteiger partial charge in [-0.15, -0.1) is 12.4 Å². The topological polar surface area (TPSA) is 32.3 Å². The summed E-state index contributed by atoms with van der Waals surface area (Å²) in [6.07, 6.45) is 3.02. The molecular weight excluding hydrogens is 248 g/mol. The van der Waals surface area contributed by atoms with Crippen LogP contribution in [-0.2, 0) is 11.2 Å². The summed E-state index contributed by atoms with van der Waals surface area (Å²) >= 11 is 0. The second-order valence-electron chi connectivity index (χ2n) is 4.64. The van der Waals surface area contributed by atoms with Gasteiger partial charge in [-0.25, -0.2) is 0 Å². The largest absolute Gasteiger partial charge is 0.344 e. The summed E-state index contributed by atoms with van der Waals surface area (Å²) < 4.78 is 0. The molecule has 0 unspecified atom stereocenters. The van der Waals surface area contributed by atoms with Crippen LogP contribution in [0.25, 0.3) is 0 Å². The molecule has 0 spiro atoms. The third kappa shape index (κ3) is 4.00. The number of amides is 1. The van der Waals surface area contributed by atoms with E-state index in [2.05, 4.69) is 17.4 Å². The molecule has 100 valence electrons. The number of halogens is 1. The Morgan fingerprint density at radius 3 is 2.72 bits per heavy atom. The molecule has 1 N–H and O–H groups in total. The van der Waals surface area contributed by atoms with Crippen molar-refractivity contribution in [2.75, 3.05) is 20.1 Å². The van der Waals surface area contributed by atoms with Gasteiger partial charge in [-0.3, -0.25) is 4.79 Å². The van der Waals surface area contributed by atoms with Gasteiger partial charge in [0.1, 0.15) is 0 Å². The zero-order valence-corrected chi connectivity index (χ0v) is 11.6. The number of likely N-dealkylation sites (N-methyl/N-ethyl adjacent to an activating group) is 1. The molecule has 1 heterocycles. The van der Waals surface area contributed by atoms with Crippen molar-refractivity contribution in [1.82, 2.24) is 10.2 Å². The van der Waals surface area contributed by atoms with E-state index < -0.39 is 0 Å². The first-order valence-electron chi connectivity index (χ1n) is 6.29. The lowest BCUT2D eigenvalue weighted by molar-refractivity contribution is -0.131. The van der Waals surface area contributed by atoms with Crippen molar-refractivity contribution >= 4 is 18.3 Å². The number of nitrogens with zero attached hydrogens (tertiary/aromatic N) is 1. The van der Waals surface area contributed by atoms with Crippen molar-refractivity contribution in [2.45, 2.75) is 25.3 Å². The third-order valence-corrected chi connectivity index (χ3v) is 3.31. The molecule has 1 aromatic carbocycles. The van der Waals surface area contributed by atoms with Crippen molar-refractivity contribution in [3.05, 3.63) is 35.9 Å². The Bertz CT molecular complexity index is 363. The third-order valence-electron chi connectivity index (χ3n) is 3.31. The molecule has 0 aliphatic carbocycles. The molecule has 0 bridgehead atoms. The number of benzene rings is 1. The molecular formula is C14H21ClN2O. The maximum absolute atomic E-state index is 12.0. The van der Waals surface area contributed by atoms with E-state index in [1.807, 2.05) is 30.1 Å². The maximum atomic E-state index is 12.0. The number of hydrogen-bond acceptors (Lipinski definition) is 2. The number of nitrogens with one attached hydrogen (secondary N) is 1. The number of hydrogen-bond donors (Lipinski definition) is 1.